The van der Waals surface area contributed by atoms with Crippen LogP contribution in [-0.2, 0) is 32.6 Å². The SMILES string of the molecule is CCOC(=O)Cc1cc[n+](CCCS(=O)(=O)[O-])c(C)c1. The zero-order chi connectivity index (χ0) is 15.2. The van der Waals surface area contributed by atoms with Crippen molar-refractivity contribution in [3.8, 4) is 0 Å². The third kappa shape index (κ3) is 6.12. The lowest BCUT2D eigenvalue weighted by atomic mass is 10.1. The number of hydrogen-bond acceptors (Lipinski definition) is 5. The Bertz CT molecular complexity index is 568. The van der Waals surface area contributed by atoms with Gasteiger partial charge in [0.25, 0.3) is 0 Å². The van der Waals surface area contributed by atoms with Crippen molar-refractivity contribution < 1.29 is 27.1 Å². The molecule has 0 aliphatic heterocycles. The summed E-state index contributed by atoms with van der Waals surface area (Å²) < 4.78 is 38.3. The van der Waals surface area contributed by atoms with Gasteiger partial charge in [-0.25, -0.2) is 13.0 Å². The van der Waals surface area contributed by atoms with Crippen molar-refractivity contribution in [2.24, 2.45) is 0 Å². The Hall–Kier alpha value is -1.47. The summed E-state index contributed by atoms with van der Waals surface area (Å²) in [5.41, 5.74) is 1.74. The van der Waals surface area contributed by atoms with E-state index in [-0.39, 0.29) is 24.6 Å². The molecule has 0 amide bonds. The van der Waals surface area contributed by atoms with Gasteiger partial charge in [0.1, 0.15) is 6.54 Å². The largest absolute Gasteiger partial charge is 0.748 e. The second-order valence-corrected chi connectivity index (χ2v) is 5.99. The van der Waals surface area contributed by atoms with E-state index >= 15 is 0 Å². The van der Waals surface area contributed by atoms with E-state index in [1.165, 1.54) is 0 Å². The van der Waals surface area contributed by atoms with Crippen molar-refractivity contribution in [3.05, 3.63) is 29.6 Å². The number of ether oxygens (including phenoxy) is 1. The highest BCUT2D eigenvalue weighted by molar-refractivity contribution is 7.85. The van der Waals surface area contributed by atoms with Crippen molar-refractivity contribution in [3.63, 3.8) is 0 Å². The summed E-state index contributed by atoms with van der Waals surface area (Å²) in [7, 11) is -4.16. The first-order valence-electron chi connectivity index (χ1n) is 6.40. The number of aromatic nitrogens is 1. The van der Waals surface area contributed by atoms with Gasteiger partial charge in [-0.05, 0) is 12.5 Å². The molecule has 1 aromatic rings. The van der Waals surface area contributed by atoms with Gasteiger partial charge < -0.3 is 9.29 Å². The van der Waals surface area contributed by atoms with Crippen molar-refractivity contribution in [2.45, 2.75) is 33.2 Å². The number of hydrogen-bond donors (Lipinski definition) is 0. The number of rotatable bonds is 7. The van der Waals surface area contributed by atoms with Crippen LogP contribution in [-0.4, -0.2) is 31.3 Å². The van der Waals surface area contributed by atoms with Gasteiger partial charge in [0.2, 0.25) is 0 Å². The van der Waals surface area contributed by atoms with Crippen LogP contribution >= 0.6 is 0 Å². The van der Waals surface area contributed by atoms with Crippen LogP contribution in [0.4, 0.5) is 0 Å². The molecule has 0 saturated carbocycles. The predicted octanol–water partition coefficient (Wildman–Crippen LogP) is 0.323. The van der Waals surface area contributed by atoms with Gasteiger partial charge in [-0.15, -0.1) is 0 Å². The second-order valence-electron chi connectivity index (χ2n) is 4.47. The quantitative estimate of drug-likeness (QED) is 0.411. The Kier molecular flexibility index (Phi) is 6.09. The molecule has 112 valence electrons. The molecule has 1 heterocycles. The highest BCUT2D eigenvalue weighted by Gasteiger charge is 2.11. The predicted molar refractivity (Wildman–Crippen MR) is 70.9 cm³/mol. The lowest BCUT2D eigenvalue weighted by molar-refractivity contribution is -0.702. The van der Waals surface area contributed by atoms with Gasteiger partial charge in [-0.1, -0.05) is 0 Å². The minimum Gasteiger partial charge on any atom is -0.748 e. The maximum atomic E-state index is 11.4. The van der Waals surface area contributed by atoms with Crippen LogP contribution in [0.1, 0.15) is 24.6 Å². The molecule has 0 saturated heterocycles. The van der Waals surface area contributed by atoms with Gasteiger partial charge in [0.05, 0.1) is 23.1 Å². The number of aryl methyl sites for hydroxylation is 2. The standard InChI is InChI=1S/C13H19NO5S/c1-3-19-13(15)10-12-5-7-14(11(2)9-12)6-4-8-20(16,17)18/h5,7,9H,3-4,6,8,10H2,1-2H3. The Morgan fingerprint density at radius 1 is 1.45 bits per heavy atom. The first-order chi connectivity index (χ1) is 9.31. The number of carbonyl (C=O) groups is 1. The van der Waals surface area contributed by atoms with Crippen LogP contribution in [0.3, 0.4) is 0 Å². The van der Waals surface area contributed by atoms with E-state index in [9.17, 15) is 17.8 Å². The molecule has 7 heteroatoms. The molecule has 1 rings (SSSR count). The van der Waals surface area contributed by atoms with Gasteiger partial charge in [-0.2, -0.15) is 0 Å². The summed E-state index contributed by atoms with van der Waals surface area (Å²) in [5, 5.41) is 0. The fourth-order valence-corrected chi connectivity index (χ4v) is 2.34. The molecular weight excluding hydrogens is 282 g/mol. The minimum atomic E-state index is -4.16. The molecule has 0 aromatic carbocycles. The Labute approximate surface area is 119 Å². The van der Waals surface area contributed by atoms with E-state index in [1.807, 2.05) is 17.6 Å². The fourth-order valence-electron chi connectivity index (χ4n) is 1.85. The van der Waals surface area contributed by atoms with E-state index in [2.05, 4.69) is 0 Å². The number of nitrogens with zero attached hydrogens (tertiary/aromatic N) is 1. The van der Waals surface area contributed by atoms with Crippen LogP contribution in [0.25, 0.3) is 0 Å². The van der Waals surface area contributed by atoms with Gasteiger partial charge >= 0.3 is 5.97 Å². The van der Waals surface area contributed by atoms with Crippen molar-refractivity contribution in [1.82, 2.24) is 0 Å². The molecule has 0 atom stereocenters. The van der Waals surface area contributed by atoms with Crippen LogP contribution in [0.15, 0.2) is 18.3 Å². The second kappa shape index (κ2) is 7.35. The van der Waals surface area contributed by atoms with Crippen LogP contribution in [0.2, 0.25) is 0 Å². The third-order valence-electron chi connectivity index (χ3n) is 2.76. The summed E-state index contributed by atoms with van der Waals surface area (Å²) in [6.07, 6.45) is 2.26. The van der Waals surface area contributed by atoms with Gasteiger partial charge in [-0.3, -0.25) is 4.79 Å². The Morgan fingerprint density at radius 3 is 2.70 bits per heavy atom. The number of pyridine rings is 1. The van der Waals surface area contributed by atoms with E-state index < -0.39 is 10.1 Å². The van der Waals surface area contributed by atoms with Gasteiger partial charge in [0, 0.05) is 31.2 Å². The molecule has 0 fully saturated rings. The fraction of sp³-hybridized carbons (Fsp3) is 0.538. The summed E-state index contributed by atoms with van der Waals surface area (Å²) in [4.78, 5) is 11.4. The average Bonchev–Trinajstić information content (AvgIpc) is 2.30. The molecule has 20 heavy (non-hydrogen) atoms. The van der Waals surface area contributed by atoms with E-state index in [0.717, 1.165) is 11.3 Å². The Morgan fingerprint density at radius 2 is 2.15 bits per heavy atom. The lowest BCUT2D eigenvalue weighted by Crippen LogP contribution is -2.37. The molecule has 0 bridgehead atoms. The summed E-state index contributed by atoms with van der Waals surface area (Å²) in [6, 6.07) is 3.64. The molecule has 0 aliphatic carbocycles. The third-order valence-corrected chi connectivity index (χ3v) is 3.55. The van der Waals surface area contributed by atoms with Crippen LogP contribution in [0.5, 0.6) is 0 Å². The molecule has 6 nitrogen and oxygen atoms in total. The maximum absolute atomic E-state index is 11.4. The smallest absolute Gasteiger partial charge is 0.310 e. The summed E-state index contributed by atoms with van der Waals surface area (Å²) in [6.45, 7) is 4.42. The maximum Gasteiger partial charge on any atom is 0.310 e. The van der Waals surface area contributed by atoms with Crippen molar-refractivity contribution >= 4 is 16.1 Å². The molecular formula is C13H19NO5S. The molecule has 0 radical (unpaired) electrons. The highest BCUT2D eigenvalue weighted by Crippen LogP contribution is 2.03. The first kappa shape index (κ1) is 16.6. The summed E-state index contributed by atoms with van der Waals surface area (Å²) in [5.74, 6) is -0.647. The highest BCUT2D eigenvalue weighted by atomic mass is 32.2. The topological polar surface area (TPSA) is 87.4 Å². The van der Waals surface area contributed by atoms with Crippen molar-refractivity contribution in [1.29, 1.82) is 0 Å². The first-order valence-corrected chi connectivity index (χ1v) is 7.97. The lowest BCUT2D eigenvalue weighted by Gasteiger charge is -2.06. The molecule has 0 aliphatic rings. The summed E-state index contributed by atoms with van der Waals surface area (Å²) >= 11 is 0. The molecule has 0 spiro atoms. The van der Waals surface area contributed by atoms with Crippen LogP contribution < -0.4 is 4.57 Å². The monoisotopic (exact) mass is 301 g/mol. The van der Waals surface area contributed by atoms with E-state index in [0.29, 0.717) is 13.2 Å². The number of esters is 1. The van der Waals surface area contributed by atoms with Gasteiger partial charge in [0.15, 0.2) is 11.9 Å². The molecule has 0 unspecified atom stereocenters. The Balaban J connectivity index is 2.61. The zero-order valence-corrected chi connectivity index (χ0v) is 12.5. The number of carbonyl (C=O) groups excluding carboxylic acids is 1. The average molecular weight is 301 g/mol. The minimum absolute atomic E-state index is 0.213. The van der Waals surface area contributed by atoms with E-state index in [4.69, 9.17) is 4.74 Å². The zero-order valence-electron chi connectivity index (χ0n) is 11.7. The van der Waals surface area contributed by atoms with Crippen LogP contribution in [0, 0.1) is 6.92 Å². The normalized spacial score (nSPS) is 11.3. The molecule has 0 N–H and O–H groups in total. The molecule has 1 aromatic heterocycles. The van der Waals surface area contributed by atoms with E-state index in [1.54, 1.807) is 19.2 Å². The van der Waals surface area contributed by atoms with Crippen molar-refractivity contribution in [2.75, 3.05) is 12.4 Å².